The van der Waals surface area contributed by atoms with Gasteiger partial charge in [0.05, 0.1) is 6.10 Å². The summed E-state index contributed by atoms with van der Waals surface area (Å²) in [5.41, 5.74) is 2.58. The first-order valence-electron chi connectivity index (χ1n) is 7.61. The quantitative estimate of drug-likeness (QED) is 0.798. The third kappa shape index (κ3) is 8.63. The smallest absolute Gasteiger partial charge is 0.450 e. The number of carbonyl (C=O) groups is 1. The molecule has 0 fully saturated rings. The molecule has 0 spiro atoms. The van der Waals surface area contributed by atoms with Gasteiger partial charge in [0.25, 0.3) is 0 Å². The van der Waals surface area contributed by atoms with E-state index in [1.807, 2.05) is 6.07 Å². The summed E-state index contributed by atoms with van der Waals surface area (Å²) in [7, 11) is 0. The Morgan fingerprint density at radius 3 is 1.91 bits per heavy atom. The molecule has 0 saturated heterocycles. The molecule has 4 heteroatoms. The van der Waals surface area contributed by atoms with Gasteiger partial charge in [-0.1, -0.05) is 74.5 Å². The number of ether oxygens (including phenoxy) is 1. The van der Waals surface area contributed by atoms with Crippen LogP contribution >= 0.6 is 0 Å². The summed E-state index contributed by atoms with van der Waals surface area (Å²) in [6.45, 7) is 5.17. The molecule has 23 heavy (non-hydrogen) atoms. The molecule has 2 aromatic carbocycles. The van der Waals surface area contributed by atoms with E-state index in [-0.39, 0.29) is 6.10 Å². The zero-order chi connectivity index (χ0) is 17.1. The van der Waals surface area contributed by atoms with Crippen LogP contribution in [0.5, 0.6) is 0 Å². The van der Waals surface area contributed by atoms with Crippen LogP contribution in [0.15, 0.2) is 60.7 Å². The molecule has 2 N–H and O–H groups in total. The molecule has 1 unspecified atom stereocenters. The van der Waals surface area contributed by atoms with Gasteiger partial charge in [0, 0.05) is 13.0 Å². The molecule has 0 aliphatic carbocycles. The minimum Gasteiger partial charge on any atom is -0.450 e. The first-order valence-corrected chi connectivity index (χ1v) is 7.61. The maximum absolute atomic E-state index is 8.56. The van der Waals surface area contributed by atoms with Crippen molar-refractivity contribution in [3.8, 4) is 0 Å². The molecule has 0 heterocycles. The molecule has 0 radical (unpaired) electrons. The van der Waals surface area contributed by atoms with Crippen LogP contribution in [0.4, 0.5) is 4.79 Å². The summed E-state index contributed by atoms with van der Waals surface area (Å²) in [6.07, 6.45) is -0.761. The van der Waals surface area contributed by atoms with Crippen molar-refractivity contribution in [2.45, 2.75) is 26.4 Å². The summed E-state index contributed by atoms with van der Waals surface area (Å²) in [4.78, 5) is 8.56. The van der Waals surface area contributed by atoms with E-state index in [0.717, 1.165) is 13.0 Å². The lowest BCUT2D eigenvalue weighted by molar-refractivity contribution is 0.0352. The molecule has 0 aromatic heterocycles. The van der Waals surface area contributed by atoms with E-state index in [9.17, 15) is 0 Å². The van der Waals surface area contributed by atoms with Gasteiger partial charge in [-0.15, -0.1) is 0 Å². The Morgan fingerprint density at radius 1 is 0.957 bits per heavy atom. The average Bonchev–Trinajstić information content (AvgIpc) is 2.52. The fraction of sp³-hybridized carbons (Fsp3) is 0.316. The number of carboxylic acid groups (broad SMARTS) is 2. The number of benzene rings is 2. The summed E-state index contributed by atoms with van der Waals surface area (Å²) >= 11 is 0. The van der Waals surface area contributed by atoms with Gasteiger partial charge in [-0.2, -0.15) is 0 Å². The molecular formula is C19H24O4. The highest BCUT2D eigenvalue weighted by Gasteiger charge is 2.13. The molecular weight excluding hydrogens is 292 g/mol. The molecule has 124 valence electrons. The van der Waals surface area contributed by atoms with Crippen LogP contribution in [0.3, 0.4) is 0 Å². The molecule has 0 bridgehead atoms. The van der Waals surface area contributed by atoms with Gasteiger partial charge in [-0.05, 0) is 17.0 Å². The normalized spacial score (nSPS) is 11.4. The van der Waals surface area contributed by atoms with Crippen LogP contribution in [0.2, 0.25) is 0 Å². The molecule has 0 aliphatic heterocycles. The van der Waals surface area contributed by atoms with E-state index >= 15 is 0 Å². The van der Waals surface area contributed by atoms with Gasteiger partial charge >= 0.3 is 6.16 Å². The second kappa shape index (κ2) is 10.4. The van der Waals surface area contributed by atoms with Crippen molar-refractivity contribution in [2.24, 2.45) is 5.92 Å². The van der Waals surface area contributed by atoms with Crippen LogP contribution in [-0.2, 0) is 11.2 Å². The maximum Gasteiger partial charge on any atom is 0.503 e. The monoisotopic (exact) mass is 316 g/mol. The van der Waals surface area contributed by atoms with Crippen molar-refractivity contribution in [1.82, 2.24) is 0 Å². The Bertz CT molecular complexity index is 548. The molecule has 2 aromatic rings. The summed E-state index contributed by atoms with van der Waals surface area (Å²) in [5.74, 6) is 0.557. The van der Waals surface area contributed by atoms with Gasteiger partial charge in [0.2, 0.25) is 0 Å². The largest absolute Gasteiger partial charge is 0.503 e. The fourth-order valence-electron chi connectivity index (χ4n) is 2.08. The third-order valence-corrected chi connectivity index (χ3v) is 3.07. The van der Waals surface area contributed by atoms with E-state index < -0.39 is 6.16 Å². The lowest BCUT2D eigenvalue weighted by Crippen LogP contribution is -2.11. The minimum atomic E-state index is -1.83. The van der Waals surface area contributed by atoms with Crippen LogP contribution < -0.4 is 0 Å². The van der Waals surface area contributed by atoms with Crippen LogP contribution in [-0.4, -0.2) is 23.0 Å². The molecule has 2 rings (SSSR count). The number of hydrogen-bond acceptors (Lipinski definition) is 2. The van der Waals surface area contributed by atoms with Gasteiger partial charge in [0.1, 0.15) is 0 Å². The Kier molecular flexibility index (Phi) is 8.47. The molecule has 0 aliphatic rings. The Labute approximate surface area is 137 Å². The van der Waals surface area contributed by atoms with Crippen LogP contribution in [0.25, 0.3) is 0 Å². The second-order valence-corrected chi connectivity index (χ2v) is 5.60. The van der Waals surface area contributed by atoms with Crippen molar-refractivity contribution >= 4 is 6.16 Å². The molecule has 4 nitrogen and oxygen atoms in total. The van der Waals surface area contributed by atoms with Crippen molar-refractivity contribution in [3.05, 3.63) is 71.8 Å². The van der Waals surface area contributed by atoms with Crippen molar-refractivity contribution in [2.75, 3.05) is 6.61 Å². The van der Waals surface area contributed by atoms with Crippen molar-refractivity contribution in [3.63, 3.8) is 0 Å². The number of rotatable bonds is 6. The third-order valence-electron chi connectivity index (χ3n) is 3.07. The van der Waals surface area contributed by atoms with E-state index in [1.165, 1.54) is 11.1 Å². The van der Waals surface area contributed by atoms with E-state index in [2.05, 4.69) is 68.4 Å². The van der Waals surface area contributed by atoms with Gasteiger partial charge < -0.3 is 14.9 Å². The SMILES string of the molecule is CC(C)COC(Cc1ccccc1)c1ccccc1.O=C(O)O. The minimum absolute atomic E-state index is 0.144. The predicted octanol–water partition coefficient (Wildman–Crippen LogP) is 4.87. The van der Waals surface area contributed by atoms with E-state index in [0.29, 0.717) is 5.92 Å². The summed E-state index contributed by atoms with van der Waals surface area (Å²) in [5, 5.41) is 13.9. The lowest BCUT2D eigenvalue weighted by atomic mass is 10.0. The van der Waals surface area contributed by atoms with Crippen LogP contribution in [0, 0.1) is 5.92 Å². The van der Waals surface area contributed by atoms with E-state index in [1.54, 1.807) is 0 Å². The molecule has 0 amide bonds. The average molecular weight is 316 g/mol. The highest BCUT2D eigenvalue weighted by atomic mass is 16.6. The standard InChI is InChI=1S/C18H22O.CH2O3/c1-15(2)14-19-18(17-11-7-4-8-12-17)13-16-9-5-3-6-10-16;2-1(3)4/h3-12,15,18H,13-14H2,1-2H3;(H2,2,3,4). The van der Waals surface area contributed by atoms with Gasteiger partial charge in [-0.25, -0.2) is 4.79 Å². The number of hydrogen-bond donors (Lipinski definition) is 2. The first kappa shape index (κ1) is 18.7. The Morgan fingerprint density at radius 2 is 1.43 bits per heavy atom. The summed E-state index contributed by atoms with van der Waals surface area (Å²) < 4.78 is 6.09. The van der Waals surface area contributed by atoms with Gasteiger partial charge in [-0.3, -0.25) is 0 Å². The van der Waals surface area contributed by atoms with Crippen molar-refractivity contribution < 1.29 is 19.7 Å². The second-order valence-electron chi connectivity index (χ2n) is 5.60. The Balaban J connectivity index is 0.000000593. The summed E-state index contributed by atoms with van der Waals surface area (Å²) in [6, 6.07) is 21.0. The predicted molar refractivity (Wildman–Crippen MR) is 90.8 cm³/mol. The first-order chi connectivity index (χ1) is 11.0. The van der Waals surface area contributed by atoms with E-state index in [4.69, 9.17) is 19.7 Å². The fourth-order valence-corrected chi connectivity index (χ4v) is 2.08. The zero-order valence-corrected chi connectivity index (χ0v) is 13.6. The highest BCUT2D eigenvalue weighted by Crippen LogP contribution is 2.23. The Hall–Kier alpha value is -2.33. The maximum atomic E-state index is 8.56. The van der Waals surface area contributed by atoms with Crippen molar-refractivity contribution in [1.29, 1.82) is 0 Å². The lowest BCUT2D eigenvalue weighted by Gasteiger charge is -2.20. The topological polar surface area (TPSA) is 66.8 Å². The zero-order valence-electron chi connectivity index (χ0n) is 13.6. The molecule has 1 atom stereocenters. The van der Waals surface area contributed by atoms with Crippen LogP contribution in [0.1, 0.15) is 31.1 Å². The highest BCUT2D eigenvalue weighted by molar-refractivity contribution is 5.53. The van der Waals surface area contributed by atoms with Gasteiger partial charge in [0.15, 0.2) is 0 Å². The molecule has 0 saturated carbocycles.